The zero-order valence-corrected chi connectivity index (χ0v) is 15.5. The van der Waals surface area contributed by atoms with Gasteiger partial charge in [0.05, 0.1) is 11.6 Å². The van der Waals surface area contributed by atoms with Gasteiger partial charge in [-0.2, -0.15) is 13.2 Å². The molecule has 1 fully saturated rings. The van der Waals surface area contributed by atoms with E-state index >= 15 is 0 Å². The number of carbonyl (C=O) groups is 2. The molecule has 1 aliphatic rings. The number of nitrogens with one attached hydrogen (secondary N) is 2. The summed E-state index contributed by atoms with van der Waals surface area (Å²) < 4.78 is 37.3. The number of alkyl halides is 3. The average Bonchev–Trinajstić information content (AvgIpc) is 2.57. The molecule has 0 saturated carbocycles. The molecule has 27 heavy (non-hydrogen) atoms. The van der Waals surface area contributed by atoms with Crippen LogP contribution in [0.2, 0.25) is 5.02 Å². The van der Waals surface area contributed by atoms with Gasteiger partial charge in [0, 0.05) is 31.1 Å². The molecule has 1 heterocycles. The smallest absolute Gasteiger partial charge is 0.490 e. The summed E-state index contributed by atoms with van der Waals surface area (Å²) >= 11 is 6.15. The molecule has 3 N–H and O–H groups in total. The first kappa shape index (κ1) is 23.0. The highest BCUT2D eigenvalue weighted by molar-refractivity contribution is 6.32. The van der Waals surface area contributed by atoms with E-state index in [1.54, 1.807) is 0 Å². The zero-order valence-electron chi connectivity index (χ0n) is 14.7. The number of carboxylic acid groups (broad SMARTS) is 1. The molecule has 0 aromatic heterocycles. The van der Waals surface area contributed by atoms with Crippen molar-refractivity contribution in [1.29, 1.82) is 0 Å². The van der Waals surface area contributed by atoms with E-state index in [1.165, 1.54) is 0 Å². The predicted octanol–water partition coefficient (Wildman–Crippen LogP) is 3.13. The van der Waals surface area contributed by atoms with Gasteiger partial charge in [0.2, 0.25) is 5.91 Å². The zero-order chi connectivity index (χ0) is 20.4. The van der Waals surface area contributed by atoms with Crippen LogP contribution in [0.25, 0.3) is 0 Å². The molecule has 0 radical (unpaired) electrons. The molecular weight excluding hydrogens is 389 g/mol. The van der Waals surface area contributed by atoms with E-state index in [1.807, 2.05) is 25.1 Å². The molecular formula is C17H22ClF3N2O4. The van der Waals surface area contributed by atoms with Gasteiger partial charge in [-0.1, -0.05) is 23.7 Å². The Kier molecular flexibility index (Phi) is 9.37. The third kappa shape index (κ3) is 8.49. The summed E-state index contributed by atoms with van der Waals surface area (Å²) in [5, 5.41) is 14.1. The number of amides is 1. The minimum atomic E-state index is -5.08. The minimum absolute atomic E-state index is 0.154. The summed E-state index contributed by atoms with van der Waals surface area (Å²) in [6.07, 6.45) is -2.43. The predicted molar refractivity (Wildman–Crippen MR) is 93.8 cm³/mol. The number of carboxylic acids is 1. The molecule has 6 nitrogen and oxygen atoms in total. The first-order valence-corrected chi connectivity index (χ1v) is 8.73. The molecule has 1 aromatic rings. The van der Waals surface area contributed by atoms with Crippen LogP contribution in [0.4, 0.5) is 13.2 Å². The fourth-order valence-corrected chi connectivity index (χ4v) is 2.66. The Bertz CT molecular complexity index is 641. The van der Waals surface area contributed by atoms with Gasteiger partial charge in [-0.15, -0.1) is 0 Å². The maximum Gasteiger partial charge on any atom is 0.490 e. The number of carbonyl (C=O) groups excluding carboxylic acids is 1. The summed E-state index contributed by atoms with van der Waals surface area (Å²) in [4.78, 5) is 20.2. The molecule has 1 atom stereocenters. The molecule has 1 amide bonds. The number of para-hydroxylation sites is 1. The molecule has 10 heteroatoms. The molecule has 0 unspecified atom stereocenters. The van der Waals surface area contributed by atoms with E-state index in [0.29, 0.717) is 24.6 Å². The van der Waals surface area contributed by atoms with E-state index in [-0.39, 0.29) is 11.9 Å². The van der Waals surface area contributed by atoms with Crippen LogP contribution in [0.1, 0.15) is 31.7 Å². The van der Waals surface area contributed by atoms with Gasteiger partial charge in [-0.05, 0) is 25.8 Å². The lowest BCUT2D eigenvalue weighted by Crippen LogP contribution is -2.44. The third-order valence-corrected chi connectivity index (χ3v) is 3.91. The summed E-state index contributed by atoms with van der Waals surface area (Å²) in [6, 6.07) is 5.98. The third-order valence-electron chi connectivity index (χ3n) is 3.61. The van der Waals surface area contributed by atoms with E-state index in [0.717, 1.165) is 30.7 Å². The van der Waals surface area contributed by atoms with E-state index in [4.69, 9.17) is 26.2 Å². The number of hydrogen-bond acceptors (Lipinski definition) is 4. The number of benzene rings is 1. The van der Waals surface area contributed by atoms with E-state index in [9.17, 15) is 18.0 Å². The van der Waals surface area contributed by atoms with Crippen molar-refractivity contribution in [3.05, 3.63) is 28.8 Å². The van der Waals surface area contributed by atoms with Crippen LogP contribution >= 0.6 is 11.6 Å². The molecule has 0 spiro atoms. The van der Waals surface area contributed by atoms with Crippen LogP contribution in [0.3, 0.4) is 0 Å². The quantitative estimate of drug-likeness (QED) is 0.670. The van der Waals surface area contributed by atoms with Crippen molar-refractivity contribution >= 4 is 23.5 Å². The topological polar surface area (TPSA) is 87.7 Å². The van der Waals surface area contributed by atoms with Crippen molar-refractivity contribution in [2.24, 2.45) is 0 Å². The van der Waals surface area contributed by atoms with Gasteiger partial charge in [0.25, 0.3) is 0 Å². The van der Waals surface area contributed by atoms with Gasteiger partial charge in [0.15, 0.2) is 0 Å². The summed E-state index contributed by atoms with van der Waals surface area (Å²) in [7, 11) is 0. The lowest BCUT2D eigenvalue weighted by Gasteiger charge is -2.23. The van der Waals surface area contributed by atoms with E-state index in [2.05, 4.69) is 10.6 Å². The van der Waals surface area contributed by atoms with Gasteiger partial charge >= 0.3 is 12.1 Å². The van der Waals surface area contributed by atoms with Crippen molar-refractivity contribution in [2.75, 3.05) is 13.2 Å². The van der Waals surface area contributed by atoms with Gasteiger partial charge in [0.1, 0.15) is 5.75 Å². The molecule has 2 rings (SSSR count). The molecule has 0 bridgehead atoms. The SMILES string of the molecule is CCOc1c(Cl)cccc1CNC[C@H]1CCCC(=O)N1.O=C(O)C(F)(F)F. The number of hydrogen-bond donors (Lipinski definition) is 3. The van der Waals surface area contributed by atoms with Gasteiger partial charge < -0.3 is 20.5 Å². The summed E-state index contributed by atoms with van der Waals surface area (Å²) in [5.41, 5.74) is 1.04. The fraction of sp³-hybridized carbons (Fsp3) is 0.529. The highest BCUT2D eigenvalue weighted by Gasteiger charge is 2.38. The van der Waals surface area contributed by atoms with Gasteiger partial charge in [-0.25, -0.2) is 4.79 Å². The molecule has 1 aliphatic heterocycles. The van der Waals surface area contributed by atoms with Crippen molar-refractivity contribution in [3.63, 3.8) is 0 Å². The van der Waals surface area contributed by atoms with E-state index < -0.39 is 12.1 Å². The fourth-order valence-electron chi connectivity index (χ4n) is 2.41. The number of piperidine rings is 1. The Morgan fingerprint density at radius 2 is 2.11 bits per heavy atom. The number of rotatable bonds is 6. The van der Waals surface area contributed by atoms with Crippen molar-refractivity contribution in [3.8, 4) is 5.75 Å². The number of halogens is 4. The standard InChI is InChI=1S/C15H21ClN2O2.C2HF3O2/c1-2-20-15-11(5-3-7-13(15)16)9-17-10-12-6-4-8-14(19)18-12;3-2(4,5)1(6)7/h3,5,7,12,17H,2,4,6,8-10H2,1H3,(H,18,19);(H,6,7)/t12-;/m1./s1. The minimum Gasteiger partial charge on any atom is -0.492 e. The lowest BCUT2D eigenvalue weighted by molar-refractivity contribution is -0.192. The maximum atomic E-state index is 11.3. The van der Waals surface area contributed by atoms with Crippen LogP contribution in [-0.2, 0) is 16.1 Å². The van der Waals surface area contributed by atoms with Crippen molar-refractivity contribution in [1.82, 2.24) is 10.6 Å². The highest BCUT2D eigenvalue weighted by atomic mass is 35.5. The summed E-state index contributed by atoms with van der Waals surface area (Å²) in [6.45, 7) is 3.99. The van der Waals surface area contributed by atoms with Gasteiger partial charge in [-0.3, -0.25) is 4.79 Å². The first-order chi connectivity index (χ1) is 12.6. The molecule has 1 saturated heterocycles. The normalized spacial score (nSPS) is 16.8. The number of ether oxygens (including phenoxy) is 1. The second kappa shape index (κ2) is 11.0. The monoisotopic (exact) mass is 410 g/mol. The highest BCUT2D eigenvalue weighted by Crippen LogP contribution is 2.28. The maximum absolute atomic E-state index is 11.3. The Labute approximate surface area is 160 Å². The first-order valence-electron chi connectivity index (χ1n) is 8.35. The van der Waals surface area contributed by atoms with Crippen LogP contribution in [0, 0.1) is 0 Å². The Balaban J connectivity index is 0.000000445. The van der Waals surface area contributed by atoms with Crippen LogP contribution < -0.4 is 15.4 Å². The van der Waals surface area contributed by atoms with Crippen molar-refractivity contribution in [2.45, 2.75) is 44.9 Å². The average molecular weight is 411 g/mol. The molecule has 152 valence electrons. The van der Waals surface area contributed by atoms with Crippen molar-refractivity contribution < 1.29 is 32.6 Å². The van der Waals surface area contributed by atoms with Crippen LogP contribution in [0.5, 0.6) is 5.75 Å². The second-order valence-corrected chi connectivity index (χ2v) is 6.16. The molecule has 0 aliphatic carbocycles. The molecule has 1 aromatic carbocycles. The summed E-state index contributed by atoms with van der Waals surface area (Å²) in [5.74, 6) is -1.86. The Morgan fingerprint density at radius 3 is 2.67 bits per heavy atom. The van der Waals surface area contributed by atoms with Crippen LogP contribution in [-0.4, -0.2) is 42.4 Å². The Morgan fingerprint density at radius 1 is 1.44 bits per heavy atom. The Hall–Kier alpha value is -2.00. The second-order valence-electron chi connectivity index (χ2n) is 5.75. The lowest BCUT2D eigenvalue weighted by atomic mass is 10.0. The largest absolute Gasteiger partial charge is 0.492 e. The van der Waals surface area contributed by atoms with Crippen LogP contribution in [0.15, 0.2) is 18.2 Å². The number of aliphatic carboxylic acids is 1.